The molecule has 19 heavy (non-hydrogen) atoms. The molecule has 2 heterocycles. The molecule has 0 amide bonds. The number of hydrogen-bond acceptors (Lipinski definition) is 3. The SMILES string of the molecule is FC(F)c1nc(Cl)c2cc(-c3cccs3)ccc2n1. The molecule has 0 bridgehead atoms. The standard InChI is InChI=1S/C13H7ClF2N2S/c14-11-8-6-7(10-2-1-5-19-10)3-4-9(8)17-13(18-11)12(15)16/h1-6,12H. The molecular weight excluding hydrogens is 290 g/mol. The molecule has 0 unspecified atom stereocenters. The highest BCUT2D eigenvalue weighted by Crippen LogP contribution is 2.30. The number of aromatic nitrogens is 2. The Morgan fingerprint density at radius 1 is 1.16 bits per heavy atom. The predicted molar refractivity (Wildman–Crippen MR) is 72.8 cm³/mol. The van der Waals surface area contributed by atoms with Crippen LogP contribution in [0.4, 0.5) is 8.78 Å². The van der Waals surface area contributed by atoms with Gasteiger partial charge in [0.1, 0.15) is 5.15 Å². The van der Waals surface area contributed by atoms with E-state index in [2.05, 4.69) is 9.97 Å². The third-order valence-electron chi connectivity index (χ3n) is 2.67. The van der Waals surface area contributed by atoms with Gasteiger partial charge in [0.05, 0.1) is 5.52 Å². The summed E-state index contributed by atoms with van der Waals surface area (Å²) in [4.78, 5) is 8.53. The first-order chi connectivity index (χ1) is 9.15. The minimum atomic E-state index is -2.72. The van der Waals surface area contributed by atoms with Crippen molar-refractivity contribution in [2.75, 3.05) is 0 Å². The van der Waals surface area contributed by atoms with Crippen LogP contribution in [0.3, 0.4) is 0 Å². The van der Waals surface area contributed by atoms with E-state index in [4.69, 9.17) is 11.6 Å². The van der Waals surface area contributed by atoms with Crippen molar-refractivity contribution in [3.63, 3.8) is 0 Å². The summed E-state index contributed by atoms with van der Waals surface area (Å²) in [5.74, 6) is -0.540. The lowest BCUT2D eigenvalue weighted by atomic mass is 10.1. The number of alkyl halides is 2. The highest BCUT2D eigenvalue weighted by Gasteiger charge is 2.14. The van der Waals surface area contributed by atoms with E-state index in [1.807, 2.05) is 29.6 Å². The fraction of sp³-hybridized carbons (Fsp3) is 0.0769. The van der Waals surface area contributed by atoms with Gasteiger partial charge in [-0.3, -0.25) is 0 Å². The zero-order valence-electron chi connectivity index (χ0n) is 9.48. The van der Waals surface area contributed by atoms with Crippen LogP contribution < -0.4 is 0 Å². The van der Waals surface area contributed by atoms with Gasteiger partial charge in [-0.25, -0.2) is 18.7 Å². The molecule has 0 aliphatic heterocycles. The Kier molecular flexibility index (Phi) is 3.16. The normalized spacial score (nSPS) is 11.4. The summed E-state index contributed by atoms with van der Waals surface area (Å²) in [6.45, 7) is 0. The lowest BCUT2D eigenvalue weighted by Gasteiger charge is -2.05. The molecule has 0 saturated heterocycles. The molecule has 3 aromatic rings. The molecule has 0 N–H and O–H groups in total. The van der Waals surface area contributed by atoms with Gasteiger partial charge >= 0.3 is 0 Å². The van der Waals surface area contributed by atoms with Gasteiger partial charge < -0.3 is 0 Å². The minimum Gasteiger partial charge on any atom is -0.227 e. The van der Waals surface area contributed by atoms with Gasteiger partial charge in [0.2, 0.25) is 0 Å². The van der Waals surface area contributed by atoms with Crippen molar-refractivity contribution in [2.45, 2.75) is 6.43 Å². The number of hydrogen-bond donors (Lipinski definition) is 0. The van der Waals surface area contributed by atoms with Crippen molar-refractivity contribution in [1.82, 2.24) is 9.97 Å². The summed E-state index contributed by atoms with van der Waals surface area (Å²) in [7, 11) is 0. The third-order valence-corrected chi connectivity index (χ3v) is 3.87. The van der Waals surface area contributed by atoms with E-state index in [1.165, 1.54) is 0 Å². The van der Waals surface area contributed by atoms with E-state index in [0.717, 1.165) is 10.4 Å². The summed E-state index contributed by atoms with van der Waals surface area (Å²) in [5, 5.41) is 2.60. The average Bonchev–Trinajstić information content (AvgIpc) is 2.92. The second-order valence-corrected chi connectivity index (χ2v) is 5.19. The maximum absolute atomic E-state index is 12.6. The second-order valence-electron chi connectivity index (χ2n) is 3.88. The third kappa shape index (κ3) is 2.31. The molecule has 0 spiro atoms. The monoisotopic (exact) mass is 296 g/mol. The summed E-state index contributed by atoms with van der Waals surface area (Å²) in [6.07, 6.45) is -2.72. The largest absolute Gasteiger partial charge is 0.297 e. The van der Waals surface area contributed by atoms with E-state index in [0.29, 0.717) is 10.9 Å². The molecule has 0 atom stereocenters. The van der Waals surface area contributed by atoms with Crippen molar-refractivity contribution in [3.05, 3.63) is 46.7 Å². The van der Waals surface area contributed by atoms with Crippen molar-refractivity contribution >= 4 is 33.8 Å². The molecular formula is C13H7ClF2N2S. The topological polar surface area (TPSA) is 25.8 Å². The number of fused-ring (bicyclic) bond motifs is 1. The van der Waals surface area contributed by atoms with Crippen LogP contribution in [0.25, 0.3) is 21.3 Å². The van der Waals surface area contributed by atoms with E-state index in [1.54, 1.807) is 17.4 Å². The first-order valence-corrected chi connectivity index (χ1v) is 6.70. The smallest absolute Gasteiger partial charge is 0.227 e. The average molecular weight is 297 g/mol. The molecule has 0 aliphatic carbocycles. The predicted octanol–water partition coefficient (Wildman–Crippen LogP) is 4.95. The van der Waals surface area contributed by atoms with Crippen LogP contribution in [0.1, 0.15) is 12.2 Å². The molecule has 1 aromatic carbocycles. The Morgan fingerprint density at radius 2 is 2.00 bits per heavy atom. The summed E-state index contributed by atoms with van der Waals surface area (Å²) >= 11 is 7.55. The van der Waals surface area contributed by atoms with Crippen LogP contribution in [0.2, 0.25) is 5.15 Å². The molecule has 6 heteroatoms. The summed E-state index contributed by atoms with van der Waals surface area (Å²) in [6, 6.07) is 9.27. The summed E-state index contributed by atoms with van der Waals surface area (Å²) in [5.41, 5.74) is 1.40. The molecule has 0 saturated carbocycles. The van der Waals surface area contributed by atoms with Crippen LogP contribution in [-0.4, -0.2) is 9.97 Å². The Morgan fingerprint density at radius 3 is 2.68 bits per heavy atom. The zero-order valence-corrected chi connectivity index (χ0v) is 11.1. The Balaban J connectivity index is 2.19. The van der Waals surface area contributed by atoms with Crippen molar-refractivity contribution < 1.29 is 8.78 Å². The maximum Gasteiger partial charge on any atom is 0.297 e. The quantitative estimate of drug-likeness (QED) is 0.625. The Hall–Kier alpha value is -1.59. The maximum atomic E-state index is 12.6. The zero-order chi connectivity index (χ0) is 13.4. The molecule has 3 rings (SSSR count). The molecule has 0 radical (unpaired) electrons. The van der Waals surface area contributed by atoms with E-state index in [-0.39, 0.29) is 5.15 Å². The van der Waals surface area contributed by atoms with E-state index >= 15 is 0 Å². The van der Waals surface area contributed by atoms with Gasteiger partial charge in [-0.05, 0) is 29.1 Å². The Labute approximate surface area is 116 Å². The summed E-state index contributed by atoms with van der Waals surface area (Å²) < 4.78 is 25.2. The van der Waals surface area contributed by atoms with Crippen LogP contribution >= 0.6 is 22.9 Å². The van der Waals surface area contributed by atoms with Gasteiger partial charge in [-0.1, -0.05) is 23.7 Å². The minimum absolute atomic E-state index is 0.0544. The highest BCUT2D eigenvalue weighted by molar-refractivity contribution is 7.13. The van der Waals surface area contributed by atoms with Crippen LogP contribution in [0, 0.1) is 0 Å². The van der Waals surface area contributed by atoms with Crippen LogP contribution in [0.15, 0.2) is 35.7 Å². The second kappa shape index (κ2) is 4.83. The number of thiophene rings is 1. The molecule has 96 valence electrons. The first kappa shape index (κ1) is 12.4. The molecule has 0 aliphatic rings. The first-order valence-electron chi connectivity index (χ1n) is 5.44. The van der Waals surface area contributed by atoms with Crippen molar-refractivity contribution in [2.24, 2.45) is 0 Å². The lowest BCUT2D eigenvalue weighted by molar-refractivity contribution is 0.141. The van der Waals surface area contributed by atoms with Crippen LogP contribution in [-0.2, 0) is 0 Å². The number of rotatable bonds is 2. The van der Waals surface area contributed by atoms with Crippen molar-refractivity contribution in [3.8, 4) is 10.4 Å². The van der Waals surface area contributed by atoms with Gasteiger partial charge in [0.25, 0.3) is 6.43 Å². The van der Waals surface area contributed by atoms with Gasteiger partial charge in [-0.15, -0.1) is 11.3 Å². The van der Waals surface area contributed by atoms with Crippen LogP contribution in [0.5, 0.6) is 0 Å². The van der Waals surface area contributed by atoms with Crippen molar-refractivity contribution in [1.29, 1.82) is 0 Å². The molecule has 2 nitrogen and oxygen atoms in total. The number of halogens is 3. The molecule has 2 aromatic heterocycles. The Bertz CT molecular complexity index is 729. The van der Waals surface area contributed by atoms with Gasteiger partial charge in [0, 0.05) is 10.3 Å². The van der Waals surface area contributed by atoms with E-state index < -0.39 is 12.2 Å². The number of nitrogens with zero attached hydrogens (tertiary/aromatic N) is 2. The molecule has 0 fully saturated rings. The fourth-order valence-electron chi connectivity index (χ4n) is 1.80. The highest BCUT2D eigenvalue weighted by atomic mass is 35.5. The fourth-order valence-corrected chi connectivity index (χ4v) is 2.76. The van der Waals surface area contributed by atoms with Gasteiger partial charge in [-0.2, -0.15) is 0 Å². The lowest BCUT2D eigenvalue weighted by Crippen LogP contribution is -1.96. The number of benzene rings is 1. The van der Waals surface area contributed by atoms with Gasteiger partial charge in [0.15, 0.2) is 5.82 Å². The van der Waals surface area contributed by atoms with E-state index in [9.17, 15) is 8.78 Å².